The molecule has 3 rings (SSSR count). The molecule has 0 aromatic heterocycles. The predicted octanol–water partition coefficient (Wildman–Crippen LogP) is 2.30. The highest BCUT2D eigenvalue weighted by atomic mass is 16.5. The van der Waals surface area contributed by atoms with Crippen LogP contribution >= 0.6 is 0 Å². The molecule has 6 nitrogen and oxygen atoms in total. The summed E-state index contributed by atoms with van der Waals surface area (Å²) in [6, 6.07) is 17.5. The van der Waals surface area contributed by atoms with Crippen molar-refractivity contribution in [2.45, 2.75) is 19.5 Å². The Labute approximate surface area is 172 Å². The molecule has 0 atom stereocenters. The van der Waals surface area contributed by atoms with Gasteiger partial charge < -0.3 is 10.1 Å². The van der Waals surface area contributed by atoms with Gasteiger partial charge >= 0.3 is 5.97 Å². The summed E-state index contributed by atoms with van der Waals surface area (Å²) in [6.45, 7) is 5.22. The van der Waals surface area contributed by atoms with Crippen LogP contribution in [0, 0.1) is 0 Å². The van der Waals surface area contributed by atoms with Gasteiger partial charge in [-0.1, -0.05) is 48.5 Å². The molecule has 1 aliphatic rings. The van der Waals surface area contributed by atoms with E-state index in [1.165, 1.54) is 7.11 Å². The van der Waals surface area contributed by atoms with Gasteiger partial charge in [-0.2, -0.15) is 0 Å². The second-order valence-electron chi connectivity index (χ2n) is 7.32. The number of carbonyl (C=O) groups excluding carboxylic acids is 2. The monoisotopic (exact) mass is 395 g/mol. The van der Waals surface area contributed by atoms with E-state index in [2.05, 4.69) is 15.1 Å². The Kier molecular flexibility index (Phi) is 7.78. The van der Waals surface area contributed by atoms with E-state index < -0.39 is 0 Å². The summed E-state index contributed by atoms with van der Waals surface area (Å²) in [5.41, 5.74) is 2.71. The van der Waals surface area contributed by atoms with E-state index in [1.807, 2.05) is 54.6 Å². The number of ether oxygens (including phenoxy) is 1. The van der Waals surface area contributed by atoms with Crippen LogP contribution in [0.25, 0.3) is 0 Å². The minimum atomic E-state index is -0.299. The first kappa shape index (κ1) is 21.0. The molecule has 0 saturated carbocycles. The maximum atomic E-state index is 12.3. The number of carbonyl (C=O) groups is 2. The van der Waals surface area contributed by atoms with Crippen LogP contribution in [0.3, 0.4) is 0 Å². The standard InChI is InChI=1S/C23H29N3O3/c1-29-23(28)21-11-6-5-10-20(21)17-25-12-7-13-26(15-14-25)18-22(27)24-16-19-8-3-2-4-9-19/h2-6,8-11H,7,12-18H2,1H3,(H,24,27). The molecule has 0 aliphatic carbocycles. The molecule has 1 amide bonds. The number of esters is 1. The van der Waals surface area contributed by atoms with E-state index in [9.17, 15) is 9.59 Å². The number of methoxy groups -OCH3 is 1. The van der Waals surface area contributed by atoms with Crippen molar-refractivity contribution in [3.8, 4) is 0 Å². The molecule has 0 radical (unpaired) electrons. The Morgan fingerprint density at radius 1 is 0.931 bits per heavy atom. The normalized spacial score (nSPS) is 15.5. The van der Waals surface area contributed by atoms with Gasteiger partial charge in [0.15, 0.2) is 0 Å². The first-order valence-electron chi connectivity index (χ1n) is 10.1. The van der Waals surface area contributed by atoms with Crippen molar-refractivity contribution in [1.29, 1.82) is 0 Å². The van der Waals surface area contributed by atoms with E-state index in [4.69, 9.17) is 4.74 Å². The third-order valence-electron chi connectivity index (χ3n) is 5.20. The van der Waals surface area contributed by atoms with Crippen LogP contribution in [-0.2, 0) is 22.6 Å². The Balaban J connectivity index is 1.48. The fraction of sp³-hybridized carbons (Fsp3) is 0.391. The number of hydrogen-bond donors (Lipinski definition) is 1. The minimum absolute atomic E-state index is 0.0540. The molecule has 2 aromatic rings. The van der Waals surface area contributed by atoms with E-state index in [0.717, 1.165) is 43.7 Å². The summed E-state index contributed by atoms with van der Waals surface area (Å²) >= 11 is 0. The fourth-order valence-electron chi connectivity index (χ4n) is 3.60. The number of amides is 1. The van der Waals surface area contributed by atoms with E-state index in [-0.39, 0.29) is 11.9 Å². The third kappa shape index (κ3) is 6.41. The lowest BCUT2D eigenvalue weighted by Crippen LogP contribution is -2.39. The molecular weight excluding hydrogens is 366 g/mol. The Hall–Kier alpha value is -2.70. The zero-order valence-electron chi connectivity index (χ0n) is 17.0. The summed E-state index contributed by atoms with van der Waals surface area (Å²) in [4.78, 5) is 28.8. The average Bonchev–Trinajstić information content (AvgIpc) is 2.98. The number of benzene rings is 2. The molecular formula is C23H29N3O3. The van der Waals surface area contributed by atoms with E-state index in [1.54, 1.807) is 0 Å². The Morgan fingerprint density at radius 3 is 2.41 bits per heavy atom. The molecule has 6 heteroatoms. The zero-order valence-corrected chi connectivity index (χ0v) is 17.0. The topological polar surface area (TPSA) is 61.9 Å². The van der Waals surface area contributed by atoms with Gasteiger partial charge in [-0.3, -0.25) is 14.6 Å². The fourth-order valence-corrected chi connectivity index (χ4v) is 3.60. The molecule has 1 N–H and O–H groups in total. The van der Waals surface area contributed by atoms with Crippen molar-refractivity contribution in [3.05, 3.63) is 71.3 Å². The molecule has 2 aromatic carbocycles. The van der Waals surface area contributed by atoms with Gasteiger partial charge in [0.05, 0.1) is 19.2 Å². The highest BCUT2D eigenvalue weighted by Crippen LogP contribution is 2.14. The van der Waals surface area contributed by atoms with Gasteiger partial charge in [0.1, 0.15) is 0 Å². The van der Waals surface area contributed by atoms with Crippen molar-refractivity contribution in [1.82, 2.24) is 15.1 Å². The molecule has 29 heavy (non-hydrogen) atoms. The van der Waals surface area contributed by atoms with E-state index >= 15 is 0 Å². The summed E-state index contributed by atoms with van der Waals surface area (Å²) in [6.07, 6.45) is 0.992. The Bertz CT molecular complexity index is 810. The second-order valence-corrected chi connectivity index (χ2v) is 7.32. The van der Waals surface area contributed by atoms with Gasteiger partial charge in [0, 0.05) is 26.2 Å². The molecule has 0 unspecified atom stereocenters. The highest BCUT2D eigenvalue weighted by molar-refractivity contribution is 5.90. The molecule has 1 fully saturated rings. The predicted molar refractivity (Wildman–Crippen MR) is 112 cm³/mol. The second kappa shape index (κ2) is 10.7. The van der Waals surface area contributed by atoms with Crippen LogP contribution < -0.4 is 5.32 Å². The molecule has 1 aliphatic heterocycles. The lowest BCUT2D eigenvalue weighted by atomic mass is 10.1. The molecule has 154 valence electrons. The van der Waals surface area contributed by atoms with Crippen LogP contribution in [0.4, 0.5) is 0 Å². The van der Waals surface area contributed by atoms with Gasteiger partial charge in [0.2, 0.25) is 5.91 Å². The van der Waals surface area contributed by atoms with E-state index in [0.29, 0.717) is 25.2 Å². The Morgan fingerprint density at radius 2 is 1.62 bits per heavy atom. The number of hydrogen-bond acceptors (Lipinski definition) is 5. The third-order valence-corrected chi connectivity index (χ3v) is 5.20. The summed E-state index contributed by atoms with van der Waals surface area (Å²) in [5, 5.41) is 3.00. The molecule has 1 saturated heterocycles. The first-order valence-corrected chi connectivity index (χ1v) is 10.1. The maximum absolute atomic E-state index is 12.3. The van der Waals surface area contributed by atoms with Gasteiger partial charge in [-0.05, 0) is 36.7 Å². The summed E-state index contributed by atoms with van der Waals surface area (Å²) < 4.78 is 4.90. The van der Waals surface area contributed by atoms with Crippen molar-refractivity contribution < 1.29 is 14.3 Å². The van der Waals surface area contributed by atoms with Crippen LogP contribution in [0.2, 0.25) is 0 Å². The van der Waals surface area contributed by atoms with Crippen LogP contribution in [0.5, 0.6) is 0 Å². The molecule has 0 spiro atoms. The summed E-state index contributed by atoms with van der Waals surface area (Å²) in [7, 11) is 1.41. The van der Waals surface area contributed by atoms with Gasteiger partial charge in [-0.15, -0.1) is 0 Å². The SMILES string of the molecule is COC(=O)c1ccccc1CN1CCCN(CC(=O)NCc2ccccc2)CC1. The smallest absolute Gasteiger partial charge is 0.338 e. The van der Waals surface area contributed by atoms with Crippen LogP contribution in [-0.4, -0.2) is 61.5 Å². The first-order chi connectivity index (χ1) is 14.2. The van der Waals surface area contributed by atoms with Gasteiger partial charge in [-0.25, -0.2) is 4.79 Å². The average molecular weight is 396 g/mol. The molecule has 1 heterocycles. The van der Waals surface area contributed by atoms with Crippen molar-refractivity contribution in [2.24, 2.45) is 0 Å². The van der Waals surface area contributed by atoms with Crippen LogP contribution in [0.1, 0.15) is 27.9 Å². The lowest BCUT2D eigenvalue weighted by Gasteiger charge is -2.22. The molecule has 0 bridgehead atoms. The van der Waals surface area contributed by atoms with Crippen molar-refractivity contribution >= 4 is 11.9 Å². The van der Waals surface area contributed by atoms with Crippen molar-refractivity contribution in [2.75, 3.05) is 39.8 Å². The lowest BCUT2D eigenvalue weighted by molar-refractivity contribution is -0.122. The number of rotatable bonds is 7. The maximum Gasteiger partial charge on any atom is 0.338 e. The number of nitrogens with zero attached hydrogens (tertiary/aromatic N) is 2. The zero-order chi connectivity index (χ0) is 20.5. The quantitative estimate of drug-likeness (QED) is 0.729. The van der Waals surface area contributed by atoms with Crippen LogP contribution in [0.15, 0.2) is 54.6 Å². The minimum Gasteiger partial charge on any atom is -0.465 e. The highest BCUT2D eigenvalue weighted by Gasteiger charge is 2.19. The summed E-state index contributed by atoms with van der Waals surface area (Å²) in [5.74, 6) is -0.245. The van der Waals surface area contributed by atoms with Gasteiger partial charge in [0.25, 0.3) is 0 Å². The number of nitrogens with one attached hydrogen (secondary N) is 1. The largest absolute Gasteiger partial charge is 0.465 e. The van der Waals surface area contributed by atoms with Crippen molar-refractivity contribution in [3.63, 3.8) is 0 Å².